The van der Waals surface area contributed by atoms with E-state index >= 15 is 0 Å². The molecule has 21 heavy (non-hydrogen) atoms. The first-order valence-electron chi connectivity index (χ1n) is 8.79. The van der Waals surface area contributed by atoms with Gasteiger partial charge in [0.1, 0.15) is 5.75 Å². The standard InChI is InChI=1S/C20H30O/c1-19(11-12-19)9-3-5-16-7-8-18(21)17(15-16)6-4-10-20(2)13-14-20/h7-8,15,21H,3-6,9-14H2,1-2H3. The summed E-state index contributed by atoms with van der Waals surface area (Å²) in [4.78, 5) is 0. The van der Waals surface area contributed by atoms with E-state index < -0.39 is 0 Å². The molecular formula is C20H30O. The average Bonchev–Trinajstić information content (AvgIpc) is 3.34. The van der Waals surface area contributed by atoms with Crippen molar-refractivity contribution in [3.05, 3.63) is 29.3 Å². The molecule has 116 valence electrons. The monoisotopic (exact) mass is 286 g/mol. The zero-order valence-electron chi connectivity index (χ0n) is 13.8. The van der Waals surface area contributed by atoms with Gasteiger partial charge in [-0.1, -0.05) is 26.0 Å². The fourth-order valence-corrected chi connectivity index (χ4v) is 3.35. The third-order valence-corrected chi connectivity index (χ3v) is 5.82. The number of phenolic OH excluding ortho intramolecular Hbond substituents is 1. The molecule has 2 fully saturated rings. The van der Waals surface area contributed by atoms with E-state index in [0.717, 1.165) is 12.0 Å². The van der Waals surface area contributed by atoms with Gasteiger partial charge in [-0.2, -0.15) is 0 Å². The number of hydrogen-bond donors (Lipinski definition) is 1. The zero-order valence-corrected chi connectivity index (χ0v) is 13.8. The van der Waals surface area contributed by atoms with Crippen molar-refractivity contribution in [2.24, 2.45) is 10.8 Å². The SMILES string of the molecule is CC1(CCCc2ccc(O)c(CCCC3(C)CC3)c2)CC1. The Labute approximate surface area is 129 Å². The Balaban J connectivity index is 1.49. The molecule has 0 atom stereocenters. The largest absolute Gasteiger partial charge is 0.508 e. The van der Waals surface area contributed by atoms with Gasteiger partial charge in [0, 0.05) is 0 Å². The van der Waals surface area contributed by atoms with Gasteiger partial charge in [0.2, 0.25) is 0 Å². The number of aromatic hydroxyl groups is 1. The Hall–Kier alpha value is -0.980. The lowest BCUT2D eigenvalue weighted by molar-refractivity contribution is 0.457. The molecule has 1 N–H and O–H groups in total. The van der Waals surface area contributed by atoms with Crippen LogP contribution in [0.3, 0.4) is 0 Å². The van der Waals surface area contributed by atoms with Crippen molar-refractivity contribution in [1.82, 2.24) is 0 Å². The Bertz CT molecular complexity index is 495. The van der Waals surface area contributed by atoms with Crippen LogP contribution in [0.4, 0.5) is 0 Å². The normalized spacial score (nSPS) is 21.2. The van der Waals surface area contributed by atoms with Crippen LogP contribution in [-0.2, 0) is 12.8 Å². The van der Waals surface area contributed by atoms with Crippen LogP contribution in [0.1, 0.15) is 76.3 Å². The molecule has 2 aliphatic rings. The van der Waals surface area contributed by atoms with Gasteiger partial charge in [0.15, 0.2) is 0 Å². The molecule has 2 saturated carbocycles. The number of benzene rings is 1. The highest BCUT2D eigenvalue weighted by molar-refractivity contribution is 5.36. The van der Waals surface area contributed by atoms with Gasteiger partial charge < -0.3 is 5.11 Å². The second-order valence-corrected chi connectivity index (χ2v) is 8.29. The van der Waals surface area contributed by atoms with E-state index in [0.29, 0.717) is 16.6 Å². The van der Waals surface area contributed by atoms with Crippen molar-refractivity contribution in [1.29, 1.82) is 0 Å². The van der Waals surface area contributed by atoms with Crippen LogP contribution in [0, 0.1) is 10.8 Å². The smallest absolute Gasteiger partial charge is 0.118 e. The number of phenols is 1. The molecule has 0 unspecified atom stereocenters. The maximum absolute atomic E-state index is 10.0. The highest BCUT2D eigenvalue weighted by atomic mass is 16.3. The van der Waals surface area contributed by atoms with E-state index in [1.807, 2.05) is 6.07 Å². The van der Waals surface area contributed by atoms with E-state index in [-0.39, 0.29) is 0 Å². The van der Waals surface area contributed by atoms with Crippen molar-refractivity contribution >= 4 is 0 Å². The van der Waals surface area contributed by atoms with Crippen LogP contribution >= 0.6 is 0 Å². The molecule has 1 nitrogen and oxygen atoms in total. The first kappa shape index (κ1) is 14.9. The fourth-order valence-electron chi connectivity index (χ4n) is 3.35. The molecule has 0 spiro atoms. The second kappa shape index (κ2) is 5.66. The van der Waals surface area contributed by atoms with Crippen LogP contribution in [0.2, 0.25) is 0 Å². The van der Waals surface area contributed by atoms with Gasteiger partial charge >= 0.3 is 0 Å². The van der Waals surface area contributed by atoms with Crippen LogP contribution < -0.4 is 0 Å². The Morgan fingerprint density at radius 3 is 2.05 bits per heavy atom. The Kier molecular flexibility index (Phi) is 4.03. The third kappa shape index (κ3) is 4.25. The van der Waals surface area contributed by atoms with Crippen LogP contribution in [0.25, 0.3) is 0 Å². The number of rotatable bonds is 8. The maximum Gasteiger partial charge on any atom is 0.118 e. The summed E-state index contributed by atoms with van der Waals surface area (Å²) in [5.74, 6) is 0.494. The molecule has 3 rings (SSSR count). The summed E-state index contributed by atoms with van der Waals surface area (Å²) in [5, 5.41) is 10.0. The van der Waals surface area contributed by atoms with Crippen molar-refractivity contribution in [3.63, 3.8) is 0 Å². The summed E-state index contributed by atoms with van der Waals surface area (Å²) in [6.45, 7) is 4.80. The number of hydrogen-bond acceptors (Lipinski definition) is 1. The summed E-state index contributed by atoms with van der Waals surface area (Å²) in [7, 11) is 0. The molecule has 0 saturated heterocycles. The predicted octanol–water partition coefficient (Wildman–Crippen LogP) is 5.64. The highest BCUT2D eigenvalue weighted by Crippen LogP contribution is 2.49. The van der Waals surface area contributed by atoms with Gasteiger partial charge in [-0.25, -0.2) is 0 Å². The molecular weight excluding hydrogens is 256 g/mol. The zero-order chi connectivity index (χ0) is 14.9. The van der Waals surface area contributed by atoms with Gasteiger partial charge in [0.25, 0.3) is 0 Å². The topological polar surface area (TPSA) is 20.2 Å². The first-order valence-corrected chi connectivity index (χ1v) is 8.79. The summed E-state index contributed by atoms with van der Waals surface area (Å²) < 4.78 is 0. The molecule has 0 aromatic heterocycles. The lowest BCUT2D eigenvalue weighted by Crippen LogP contribution is -1.97. The lowest BCUT2D eigenvalue weighted by atomic mass is 9.95. The summed E-state index contributed by atoms with van der Waals surface area (Å²) >= 11 is 0. The quantitative estimate of drug-likeness (QED) is 0.656. The molecule has 0 aliphatic heterocycles. The minimum absolute atomic E-state index is 0.494. The van der Waals surface area contributed by atoms with Crippen molar-refractivity contribution in [2.75, 3.05) is 0 Å². The number of aryl methyl sites for hydroxylation is 2. The summed E-state index contributed by atoms with van der Waals surface area (Å²) in [5.41, 5.74) is 3.87. The van der Waals surface area contributed by atoms with E-state index in [9.17, 15) is 5.11 Å². The molecule has 1 aromatic carbocycles. The Morgan fingerprint density at radius 1 is 0.905 bits per heavy atom. The summed E-state index contributed by atoms with van der Waals surface area (Å²) in [6.07, 6.45) is 13.0. The van der Waals surface area contributed by atoms with Gasteiger partial charge in [0.05, 0.1) is 0 Å². The summed E-state index contributed by atoms with van der Waals surface area (Å²) in [6, 6.07) is 6.26. The van der Waals surface area contributed by atoms with Crippen LogP contribution in [0.5, 0.6) is 5.75 Å². The van der Waals surface area contributed by atoms with Crippen molar-refractivity contribution in [2.45, 2.75) is 78.1 Å². The predicted molar refractivity (Wildman–Crippen MR) is 88.7 cm³/mol. The minimum Gasteiger partial charge on any atom is -0.508 e. The minimum atomic E-state index is 0.494. The lowest BCUT2D eigenvalue weighted by Gasteiger charge is -2.11. The molecule has 0 heterocycles. The van der Waals surface area contributed by atoms with Gasteiger partial charge in [-0.05, 0) is 92.2 Å². The molecule has 1 aromatic rings. The van der Waals surface area contributed by atoms with E-state index in [2.05, 4.69) is 26.0 Å². The molecule has 0 amide bonds. The van der Waals surface area contributed by atoms with Gasteiger partial charge in [-0.15, -0.1) is 0 Å². The van der Waals surface area contributed by atoms with E-state index in [1.165, 1.54) is 63.4 Å². The fraction of sp³-hybridized carbons (Fsp3) is 0.700. The van der Waals surface area contributed by atoms with Gasteiger partial charge in [-0.3, -0.25) is 0 Å². The van der Waals surface area contributed by atoms with E-state index in [1.54, 1.807) is 0 Å². The van der Waals surface area contributed by atoms with Crippen molar-refractivity contribution in [3.8, 4) is 5.75 Å². The molecule has 1 heteroatoms. The second-order valence-electron chi connectivity index (χ2n) is 8.29. The van der Waals surface area contributed by atoms with Crippen molar-refractivity contribution < 1.29 is 5.11 Å². The first-order chi connectivity index (χ1) is 9.98. The molecule has 0 radical (unpaired) electrons. The van der Waals surface area contributed by atoms with Crippen LogP contribution in [0.15, 0.2) is 18.2 Å². The highest BCUT2D eigenvalue weighted by Gasteiger charge is 2.36. The third-order valence-electron chi connectivity index (χ3n) is 5.82. The Morgan fingerprint density at radius 2 is 1.48 bits per heavy atom. The average molecular weight is 286 g/mol. The van der Waals surface area contributed by atoms with E-state index in [4.69, 9.17) is 0 Å². The molecule has 2 aliphatic carbocycles. The molecule has 0 bridgehead atoms. The maximum atomic E-state index is 10.0. The van der Waals surface area contributed by atoms with Crippen LogP contribution in [-0.4, -0.2) is 5.11 Å².